The molecule has 0 aromatic heterocycles. The van der Waals surface area contributed by atoms with Crippen LogP contribution in [-0.2, 0) is 37.5 Å². The number of hydrogen-bond donors (Lipinski definition) is 3. The van der Waals surface area contributed by atoms with E-state index in [9.17, 15) is 18.0 Å². The van der Waals surface area contributed by atoms with Crippen molar-refractivity contribution in [2.75, 3.05) is 17.6 Å². The van der Waals surface area contributed by atoms with E-state index in [0.29, 0.717) is 12.3 Å². The van der Waals surface area contributed by atoms with Crippen molar-refractivity contribution >= 4 is 44.7 Å². The molecule has 39 heavy (non-hydrogen) atoms. The number of hydrogen-bond acceptors (Lipinski definition) is 7. The molecule has 1 saturated carbocycles. The summed E-state index contributed by atoms with van der Waals surface area (Å²) in [5, 5.41) is 3.91. The molecule has 0 spiro atoms. The minimum atomic E-state index is -4.38. The molecule has 2 aromatic rings. The van der Waals surface area contributed by atoms with Crippen molar-refractivity contribution in [1.29, 1.82) is 0 Å². The van der Waals surface area contributed by atoms with Crippen LogP contribution in [0.5, 0.6) is 0 Å². The summed E-state index contributed by atoms with van der Waals surface area (Å²) in [7, 11) is -3.10. The predicted molar refractivity (Wildman–Crippen MR) is 153 cm³/mol. The van der Waals surface area contributed by atoms with Crippen LogP contribution in [0.3, 0.4) is 0 Å². The first kappa shape index (κ1) is 29.1. The second-order valence-electron chi connectivity index (χ2n) is 10.0. The zero-order valence-electron chi connectivity index (χ0n) is 21.9. The summed E-state index contributed by atoms with van der Waals surface area (Å²) in [6.07, 6.45) is 6.67. The van der Waals surface area contributed by atoms with Gasteiger partial charge in [0.25, 0.3) is 0 Å². The zero-order chi connectivity index (χ0) is 27.8. The lowest BCUT2D eigenvalue weighted by molar-refractivity contribution is -0.150. The van der Waals surface area contributed by atoms with Crippen molar-refractivity contribution in [2.45, 2.75) is 57.0 Å². The Kier molecular flexibility index (Phi) is 10.0. The lowest BCUT2D eigenvalue weighted by Gasteiger charge is -2.25. The van der Waals surface area contributed by atoms with Gasteiger partial charge >= 0.3 is 16.3 Å². The van der Waals surface area contributed by atoms with E-state index in [4.69, 9.17) is 14.3 Å². The first-order valence-corrected chi connectivity index (χ1v) is 15.6. The molecule has 11 heteroatoms. The summed E-state index contributed by atoms with van der Waals surface area (Å²) in [4.78, 5) is 31.2. The SMILES string of the molecule is COC(=O)[C@@H](Cc1ccccc1)C(=O)N[C@@H](Cc1ccc(NS(=O)(=O)O)cc1)C1=NC(C2CCCCC2)CS1. The third-order valence-electron chi connectivity index (χ3n) is 7.23. The average Bonchev–Trinajstić information content (AvgIpc) is 3.43. The molecule has 3 N–H and O–H groups in total. The molecule has 2 aliphatic rings. The van der Waals surface area contributed by atoms with E-state index in [2.05, 4.69) is 5.32 Å². The number of anilines is 1. The second kappa shape index (κ2) is 13.5. The van der Waals surface area contributed by atoms with Gasteiger partial charge in [-0.15, -0.1) is 11.8 Å². The lowest BCUT2D eigenvalue weighted by Crippen LogP contribution is -2.46. The van der Waals surface area contributed by atoms with Crippen LogP contribution in [0, 0.1) is 11.8 Å². The number of thioether (sulfide) groups is 1. The molecule has 1 aliphatic heterocycles. The predicted octanol–water partition coefficient (Wildman–Crippen LogP) is 4.05. The molecule has 0 radical (unpaired) electrons. The van der Waals surface area contributed by atoms with Crippen molar-refractivity contribution in [3.05, 3.63) is 65.7 Å². The maximum Gasteiger partial charge on any atom is 0.357 e. The van der Waals surface area contributed by atoms with Crippen LogP contribution in [0.25, 0.3) is 0 Å². The fraction of sp³-hybridized carbons (Fsp3) is 0.464. The Bertz CT molecular complexity index is 1260. The summed E-state index contributed by atoms with van der Waals surface area (Å²) in [6.45, 7) is 0. The number of methoxy groups -OCH3 is 1. The minimum absolute atomic E-state index is 0.215. The van der Waals surface area contributed by atoms with Gasteiger partial charge in [0.05, 0.1) is 29.9 Å². The average molecular weight is 574 g/mol. The van der Waals surface area contributed by atoms with Crippen LogP contribution in [0.15, 0.2) is 59.6 Å². The van der Waals surface area contributed by atoms with E-state index in [-0.39, 0.29) is 18.2 Å². The number of esters is 1. The molecule has 2 aromatic carbocycles. The molecule has 1 aliphatic carbocycles. The van der Waals surface area contributed by atoms with E-state index in [0.717, 1.165) is 21.9 Å². The summed E-state index contributed by atoms with van der Waals surface area (Å²) in [5.41, 5.74) is 1.91. The number of carbonyl (C=O) groups is 2. The van der Waals surface area contributed by atoms with E-state index >= 15 is 0 Å². The highest BCUT2D eigenvalue weighted by Crippen LogP contribution is 2.34. The van der Waals surface area contributed by atoms with Crippen LogP contribution in [-0.4, -0.2) is 54.8 Å². The van der Waals surface area contributed by atoms with Gasteiger partial charge in [-0.05, 0) is 54.9 Å². The van der Waals surface area contributed by atoms with Gasteiger partial charge in [0.15, 0.2) is 0 Å². The zero-order valence-corrected chi connectivity index (χ0v) is 23.5. The Balaban J connectivity index is 1.55. The first-order valence-electron chi connectivity index (χ1n) is 13.2. The van der Waals surface area contributed by atoms with E-state index < -0.39 is 34.1 Å². The van der Waals surface area contributed by atoms with Crippen LogP contribution >= 0.6 is 11.8 Å². The number of benzene rings is 2. The number of amides is 1. The Morgan fingerprint density at radius 2 is 1.69 bits per heavy atom. The number of nitrogens with zero attached hydrogens (tertiary/aromatic N) is 1. The molecule has 0 saturated heterocycles. The van der Waals surface area contributed by atoms with Crippen LogP contribution in [0.4, 0.5) is 5.69 Å². The first-order chi connectivity index (χ1) is 18.7. The van der Waals surface area contributed by atoms with Crippen LogP contribution in [0.2, 0.25) is 0 Å². The molecule has 1 fully saturated rings. The Morgan fingerprint density at radius 1 is 1.03 bits per heavy atom. The molecule has 0 bridgehead atoms. The highest BCUT2D eigenvalue weighted by atomic mass is 32.2. The van der Waals surface area contributed by atoms with Crippen molar-refractivity contribution < 1.29 is 27.3 Å². The van der Waals surface area contributed by atoms with E-state index in [1.54, 1.807) is 36.0 Å². The summed E-state index contributed by atoms with van der Waals surface area (Å²) >= 11 is 1.65. The van der Waals surface area contributed by atoms with Gasteiger partial charge in [-0.2, -0.15) is 8.42 Å². The lowest BCUT2D eigenvalue weighted by atomic mass is 9.85. The smallest absolute Gasteiger partial charge is 0.357 e. The number of carbonyl (C=O) groups excluding carboxylic acids is 2. The molecule has 9 nitrogen and oxygen atoms in total. The Labute approximate surface area is 234 Å². The normalized spacial score (nSPS) is 19.5. The molecular weight excluding hydrogens is 538 g/mol. The Hall–Kier alpha value is -2.89. The molecular formula is C28H35N3O6S2. The molecule has 1 amide bonds. The van der Waals surface area contributed by atoms with Crippen molar-refractivity contribution in [1.82, 2.24) is 5.32 Å². The number of ether oxygens (including phenoxy) is 1. The summed E-state index contributed by atoms with van der Waals surface area (Å²) in [5.74, 6) is -0.621. The van der Waals surface area contributed by atoms with Crippen molar-refractivity contribution in [3.63, 3.8) is 0 Å². The number of rotatable bonds is 11. The molecule has 1 unspecified atom stereocenters. The third-order valence-corrected chi connectivity index (χ3v) is 8.92. The highest BCUT2D eigenvalue weighted by molar-refractivity contribution is 8.14. The van der Waals surface area contributed by atoms with Gasteiger partial charge < -0.3 is 10.1 Å². The Morgan fingerprint density at radius 3 is 2.33 bits per heavy atom. The van der Waals surface area contributed by atoms with Crippen LogP contribution < -0.4 is 10.0 Å². The van der Waals surface area contributed by atoms with Gasteiger partial charge in [-0.25, -0.2) is 0 Å². The minimum Gasteiger partial charge on any atom is -0.468 e. The standard InChI is InChI=1S/C28H35N3O6S2/c1-37-28(33)23(16-19-8-4-2-5-9-19)26(32)29-24(17-20-12-14-22(15-13-20)31-39(34,35)36)27-30-25(18-38-27)21-10-6-3-7-11-21/h2,4-5,8-9,12-15,21,23-25,31H,3,6-7,10-11,16-18H2,1H3,(H,29,32)(H,34,35,36)/t23-,24-,25?/m0/s1. The topological polar surface area (TPSA) is 134 Å². The maximum atomic E-state index is 13.5. The molecule has 3 atom stereocenters. The summed E-state index contributed by atoms with van der Waals surface area (Å²) < 4.78 is 38.3. The molecule has 1 heterocycles. The number of aliphatic imine (C=N–C) groups is 1. The molecule has 210 valence electrons. The van der Waals surface area contributed by atoms with Crippen LogP contribution in [0.1, 0.15) is 43.2 Å². The quantitative estimate of drug-likeness (QED) is 0.210. The second-order valence-corrected chi connectivity index (χ2v) is 12.2. The van der Waals surface area contributed by atoms with E-state index in [1.165, 1.54) is 39.2 Å². The van der Waals surface area contributed by atoms with Gasteiger partial charge in [0, 0.05) is 5.75 Å². The van der Waals surface area contributed by atoms with Crippen molar-refractivity contribution in [3.8, 4) is 0 Å². The van der Waals surface area contributed by atoms with Crippen molar-refractivity contribution in [2.24, 2.45) is 16.8 Å². The maximum absolute atomic E-state index is 13.5. The number of nitrogens with one attached hydrogen (secondary N) is 2. The van der Waals surface area contributed by atoms with Gasteiger partial charge in [0.1, 0.15) is 5.92 Å². The monoisotopic (exact) mass is 573 g/mol. The molecule has 4 rings (SSSR count). The third kappa shape index (κ3) is 8.55. The van der Waals surface area contributed by atoms with Gasteiger partial charge in [-0.3, -0.25) is 23.9 Å². The fourth-order valence-electron chi connectivity index (χ4n) is 5.20. The summed E-state index contributed by atoms with van der Waals surface area (Å²) in [6, 6.07) is 15.6. The van der Waals surface area contributed by atoms with Gasteiger partial charge in [0.2, 0.25) is 5.91 Å². The van der Waals surface area contributed by atoms with E-state index in [1.807, 2.05) is 35.1 Å². The fourth-order valence-corrected chi connectivity index (χ4v) is 6.88. The van der Waals surface area contributed by atoms with Gasteiger partial charge in [-0.1, -0.05) is 61.7 Å². The largest absolute Gasteiger partial charge is 0.468 e. The highest BCUT2D eigenvalue weighted by Gasteiger charge is 2.34.